The lowest BCUT2D eigenvalue weighted by Gasteiger charge is -2.36. The molecular formula is C14H26N2O3Si. The van der Waals surface area contributed by atoms with Crippen molar-refractivity contribution in [3.8, 4) is 0 Å². The van der Waals surface area contributed by atoms with Crippen molar-refractivity contribution in [1.82, 2.24) is 0 Å². The summed E-state index contributed by atoms with van der Waals surface area (Å²) in [6.07, 6.45) is 0. The summed E-state index contributed by atoms with van der Waals surface area (Å²) < 4.78 is 11.0. The van der Waals surface area contributed by atoms with Gasteiger partial charge in [-0.3, -0.25) is 0 Å². The summed E-state index contributed by atoms with van der Waals surface area (Å²) in [5, 5.41) is -0.0512. The third-order valence-corrected chi connectivity index (χ3v) is 7.51. The molecule has 0 aliphatic rings. The Morgan fingerprint density at radius 3 is 1.90 bits per heavy atom. The normalized spacial score (nSPS) is 12.4. The van der Waals surface area contributed by atoms with E-state index in [1.165, 1.54) is 0 Å². The summed E-state index contributed by atoms with van der Waals surface area (Å²) in [5.74, 6) is -0.697. The van der Waals surface area contributed by atoms with E-state index in [1.54, 1.807) is 20.8 Å². The van der Waals surface area contributed by atoms with Gasteiger partial charge >= 0.3 is 11.7 Å². The smallest absolute Gasteiger partial charge is 0.438 e. The van der Waals surface area contributed by atoms with Crippen LogP contribution in [0.4, 0.5) is 0 Å². The molecule has 6 heteroatoms. The number of hydrogen-bond acceptors (Lipinski definition) is 3. The zero-order valence-electron chi connectivity index (χ0n) is 13.8. The first-order valence-corrected chi connectivity index (χ1v) is 9.46. The Labute approximate surface area is 122 Å². The highest BCUT2D eigenvalue weighted by Crippen LogP contribution is 2.37. The molecule has 0 unspecified atom stereocenters. The van der Waals surface area contributed by atoms with Crippen molar-refractivity contribution in [2.75, 3.05) is 0 Å². The van der Waals surface area contributed by atoms with Gasteiger partial charge in [0.25, 0.3) is 8.32 Å². The SMILES string of the molecule is C=C(O[Si](C)(C)C(C)(C)C)C(=[N+]=[N-])C(=O)OC(C)(C)C. The van der Waals surface area contributed by atoms with Crippen LogP contribution in [-0.4, -0.2) is 30.4 Å². The second kappa shape index (κ2) is 5.93. The van der Waals surface area contributed by atoms with Crippen LogP contribution in [-0.2, 0) is 14.0 Å². The third-order valence-electron chi connectivity index (χ3n) is 3.14. The van der Waals surface area contributed by atoms with Crippen LogP contribution in [0.25, 0.3) is 5.53 Å². The van der Waals surface area contributed by atoms with E-state index in [4.69, 9.17) is 14.7 Å². The van der Waals surface area contributed by atoms with E-state index in [2.05, 4.69) is 32.1 Å². The molecule has 0 saturated heterocycles. The number of carbonyl (C=O) groups is 1. The quantitative estimate of drug-likeness (QED) is 0.199. The van der Waals surface area contributed by atoms with Crippen LogP contribution in [0, 0.1) is 0 Å². The minimum atomic E-state index is -2.15. The van der Waals surface area contributed by atoms with Gasteiger partial charge in [-0.25, -0.2) is 4.79 Å². The number of esters is 1. The standard InChI is InChI=1S/C14H26N2O3Si/c1-10(19-20(8,9)14(5,6)7)11(16-15)12(17)18-13(2,3)4/h1H2,2-9H3. The van der Waals surface area contributed by atoms with Crippen molar-refractivity contribution < 1.29 is 18.7 Å². The van der Waals surface area contributed by atoms with Gasteiger partial charge in [-0.1, -0.05) is 20.8 Å². The summed E-state index contributed by atoms with van der Waals surface area (Å²) in [6.45, 7) is 19.1. The molecule has 0 aromatic rings. The highest BCUT2D eigenvalue weighted by molar-refractivity contribution is 6.74. The summed E-state index contributed by atoms with van der Waals surface area (Å²) in [4.78, 5) is 14.9. The molecule has 0 bridgehead atoms. The molecule has 0 spiro atoms. The number of rotatable bonds is 4. The monoisotopic (exact) mass is 298 g/mol. The van der Waals surface area contributed by atoms with Crippen LogP contribution in [0.2, 0.25) is 18.1 Å². The number of nitrogens with zero attached hydrogens (tertiary/aromatic N) is 2. The van der Waals surface area contributed by atoms with E-state index in [1.807, 2.05) is 13.1 Å². The van der Waals surface area contributed by atoms with Crippen molar-refractivity contribution in [3.63, 3.8) is 0 Å². The van der Waals surface area contributed by atoms with Gasteiger partial charge in [0.05, 0.1) is 0 Å². The summed E-state index contributed by atoms with van der Waals surface area (Å²) in [5.41, 5.74) is 8.06. The molecule has 0 radical (unpaired) electrons. The van der Waals surface area contributed by atoms with Crippen LogP contribution in [0.1, 0.15) is 41.5 Å². The lowest BCUT2D eigenvalue weighted by molar-refractivity contribution is -0.150. The molecule has 0 aliphatic heterocycles. The molecule has 0 saturated carbocycles. The van der Waals surface area contributed by atoms with Crippen LogP contribution in [0.5, 0.6) is 0 Å². The second-order valence-electron chi connectivity index (χ2n) is 7.24. The zero-order valence-corrected chi connectivity index (χ0v) is 14.8. The first-order valence-electron chi connectivity index (χ1n) is 6.55. The van der Waals surface area contributed by atoms with E-state index >= 15 is 0 Å². The molecule has 5 nitrogen and oxygen atoms in total. The van der Waals surface area contributed by atoms with E-state index in [-0.39, 0.29) is 16.5 Å². The second-order valence-corrected chi connectivity index (χ2v) is 12.0. The molecule has 0 atom stereocenters. The highest BCUT2D eigenvalue weighted by atomic mass is 28.4. The van der Waals surface area contributed by atoms with E-state index in [0.717, 1.165) is 0 Å². The molecule has 0 amide bonds. The van der Waals surface area contributed by atoms with E-state index in [0.29, 0.717) is 0 Å². The Bertz CT molecular complexity index is 450. The van der Waals surface area contributed by atoms with Crippen LogP contribution in [0.3, 0.4) is 0 Å². The van der Waals surface area contributed by atoms with Gasteiger partial charge in [-0.2, -0.15) is 4.79 Å². The molecule has 0 heterocycles. The maximum atomic E-state index is 11.9. The fourth-order valence-electron chi connectivity index (χ4n) is 1.05. The summed E-state index contributed by atoms with van der Waals surface area (Å²) in [6, 6.07) is 0. The molecule has 0 aromatic carbocycles. The average Bonchev–Trinajstić information content (AvgIpc) is 2.12. The average molecular weight is 298 g/mol. The van der Waals surface area contributed by atoms with Crippen molar-refractivity contribution in [1.29, 1.82) is 0 Å². The predicted octanol–water partition coefficient (Wildman–Crippen LogP) is 3.53. The highest BCUT2D eigenvalue weighted by Gasteiger charge is 2.42. The Balaban J connectivity index is 5.10. The van der Waals surface area contributed by atoms with Gasteiger partial charge in [-0.05, 0) is 45.5 Å². The number of carbonyl (C=O) groups excluding carboxylic acids is 1. The van der Waals surface area contributed by atoms with Crippen LogP contribution >= 0.6 is 0 Å². The first kappa shape index (κ1) is 18.6. The number of hydrogen-bond donors (Lipinski definition) is 0. The Kier molecular flexibility index (Phi) is 5.52. The molecule has 20 heavy (non-hydrogen) atoms. The maximum absolute atomic E-state index is 11.9. The van der Waals surface area contributed by atoms with Crippen molar-refractivity contribution in [2.24, 2.45) is 0 Å². The summed E-state index contributed by atoms with van der Waals surface area (Å²) in [7, 11) is -2.15. The van der Waals surface area contributed by atoms with Crippen molar-refractivity contribution >= 4 is 20.0 Å². The van der Waals surface area contributed by atoms with Gasteiger partial charge in [0, 0.05) is 0 Å². The van der Waals surface area contributed by atoms with E-state index in [9.17, 15) is 4.79 Å². The Morgan fingerprint density at radius 2 is 1.60 bits per heavy atom. The largest absolute Gasteiger partial charge is 0.538 e. The fraction of sp³-hybridized carbons (Fsp3) is 0.714. The van der Waals surface area contributed by atoms with Gasteiger partial charge in [0.1, 0.15) is 5.60 Å². The maximum Gasteiger partial charge on any atom is 0.438 e. The van der Waals surface area contributed by atoms with E-state index < -0.39 is 19.9 Å². The molecule has 0 aliphatic carbocycles. The van der Waals surface area contributed by atoms with Crippen molar-refractivity contribution in [2.45, 2.75) is 65.3 Å². The Morgan fingerprint density at radius 1 is 1.15 bits per heavy atom. The minimum Gasteiger partial charge on any atom is -0.538 e. The van der Waals surface area contributed by atoms with Gasteiger partial charge < -0.3 is 14.7 Å². The van der Waals surface area contributed by atoms with Crippen LogP contribution < -0.4 is 0 Å². The molecule has 114 valence electrons. The molecule has 0 N–H and O–H groups in total. The third kappa shape index (κ3) is 5.31. The van der Waals surface area contributed by atoms with Gasteiger partial charge in [-0.15, -0.1) is 0 Å². The first-order chi connectivity index (χ1) is 8.71. The minimum absolute atomic E-state index is 0.0494. The molecule has 0 rings (SSSR count). The predicted molar refractivity (Wildman–Crippen MR) is 81.9 cm³/mol. The summed E-state index contributed by atoms with van der Waals surface area (Å²) >= 11 is 0. The van der Waals surface area contributed by atoms with Crippen molar-refractivity contribution in [3.05, 3.63) is 17.9 Å². The van der Waals surface area contributed by atoms with Gasteiger partial charge in [0.2, 0.25) is 0 Å². The zero-order chi connectivity index (χ0) is 16.4. The van der Waals surface area contributed by atoms with Crippen LogP contribution in [0.15, 0.2) is 12.3 Å². The molecule has 0 fully saturated rings. The lowest BCUT2D eigenvalue weighted by atomic mass is 10.2. The topological polar surface area (TPSA) is 71.9 Å². The van der Waals surface area contributed by atoms with Gasteiger partial charge in [0.15, 0.2) is 5.76 Å². The lowest BCUT2D eigenvalue weighted by Crippen LogP contribution is -2.42. The Hall–Kier alpha value is -1.39. The number of ether oxygens (including phenoxy) is 1. The molecular weight excluding hydrogens is 272 g/mol. The fourth-order valence-corrected chi connectivity index (χ4v) is 2.07. The molecule has 0 aromatic heterocycles.